The van der Waals surface area contributed by atoms with Crippen LogP contribution in [0.3, 0.4) is 0 Å². The Labute approximate surface area is 275 Å². The van der Waals surface area contributed by atoms with E-state index in [1.54, 1.807) is 0 Å². The van der Waals surface area contributed by atoms with Crippen LogP contribution >= 0.6 is 11.3 Å². The summed E-state index contributed by atoms with van der Waals surface area (Å²) in [5, 5.41) is 9.73. The molecule has 0 aliphatic carbocycles. The molecule has 10 rings (SSSR count). The molecule has 0 aliphatic rings. The van der Waals surface area contributed by atoms with E-state index in [9.17, 15) is 0 Å². The highest BCUT2D eigenvalue weighted by Crippen LogP contribution is 2.49. The summed E-state index contributed by atoms with van der Waals surface area (Å²) in [6.45, 7) is 0. The van der Waals surface area contributed by atoms with Gasteiger partial charge in [0.1, 0.15) is 11.2 Å². The van der Waals surface area contributed by atoms with Crippen molar-refractivity contribution in [3.63, 3.8) is 0 Å². The molecule has 0 aliphatic heterocycles. The number of anilines is 3. The third-order valence-electron chi connectivity index (χ3n) is 9.45. The molecule has 2 nitrogen and oxygen atoms in total. The topological polar surface area (TPSA) is 16.4 Å². The van der Waals surface area contributed by atoms with E-state index in [0.29, 0.717) is 0 Å². The smallest absolute Gasteiger partial charge is 0.136 e. The Morgan fingerprint density at radius 2 is 1.09 bits per heavy atom. The SMILES string of the molecule is c1ccc(-c2ccccc2N(c2cccc3c2ccc2ccc4oc5ccccc5c4c23)c2cccc3c2sc2ccccc23)cc1. The van der Waals surface area contributed by atoms with Crippen LogP contribution in [0, 0.1) is 0 Å². The highest BCUT2D eigenvalue weighted by Gasteiger charge is 2.23. The summed E-state index contributed by atoms with van der Waals surface area (Å²) >= 11 is 1.87. The lowest BCUT2D eigenvalue weighted by Gasteiger charge is -2.29. The predicted molar refractivity (Wildman–Crippen MR) is 202 cm³/mol. The number of hydrogen-bond donors (Lipinski definition) is 0. The Kier molecular flexibility index (Phi) is 5.78. The highest BCUT2D eigenvalue weighted by molar-refractivity contribution is 7.26. The van der Waals surface area contributed by atoms with E-state index in [0.717, 1.165) is 27.9 Å². The Bertz CT molecular complexity index is 2810. The zero-order valence-electron chi connectivity index (χ0n) is 25.4. The second kappa shape index (κ2) is 10.3. The number of hydrogen-bond acceptors (Lipinski definition) is 3. The van der Waals surface area contributed by atoms with Crippen molar-refractivity contribution in [2.24, 2.45) is 0 Å². The molecule has 2 heterocycles. The fourth-order valence-corrected chi connectivity index (χ4v) is 8.61. The van der Waals surface area contributed by atoms with Crippen molar-refractivity contribution in [2.45, 2.75) is 0 Å². The third-order valence-corrected chi connectivity index (χ3v) is 10.7. The fraction of sp³-hybridized carbons (Fsp3) is 0. The average Bonchev–Trinajstić information content (AvgIpc) is 3.71. The molecule has 0 saturated heterocycles. The third kappa shape index (κ3) is 3.97. The summed E-state index contributed by atoms with van der Waals surface area (Å²) in [6, 6.07) is 59.0. The number of benzene rings is 8. The van der Waals surface area contributed by atoms with Gasteiger partial charge in [-0.25, -0.2) is 0 Å². The summed E-state index contributed by atoms with van der Waals surface area (Å²) in [6.07, 6.45) is 0. The van der Waals surface area contributed by atoms with Gasteiger partial charge in [-0.3, -0.25) is 0 Å². The minimum atomic E-state index is 0.915. The van der Waals surface area contributed by atoms with Gasteiger partial charge in [0.2, 0.25) is 0 Å². The van der Waals surface area contributed by atoms with E-state index in [1.165, 1.54) is 63.9 Å². The lowest BCUT2D eigenvalue weighted by atomic mass is 9.95. The zero-order valence-corrected chi connectivity index (χ0v) is 26.2. The van der Waals surface area contributed by atoms with Crippen LogP contribution in [0.4, 0.5) is 17.1 Å². The monoisotopic (exact) mass is 617 g/mol. The van der Waals surface area contributed by atoms with Crippen LogP contribution in [-0.2, 0) is 0 Å². The quantitative estimate of drug-likeness (QED) is 0.183. The summed E-state index contributed by atoms with van der Waals surface area (Å²) in [4.78, 5) is 2.49. The van der Waals surface area contributed by atoms with Crippen molar-refractivity contribution in [3.8, 4) is 11.1 Å². The molecule has 0 unspecified atom stereocenters. The Morgan fingerprint density at radius 3 is 2.00 bits per heavy atom. The lowest BCUT2D eigenvalue weighted by Crippen LogP contribution is -2.12. The molecule has 0 saturated carbocycles. The van der Waals surface area contributed by atoms with Gasteiger partial charge in [-0.1, -0.05) is 127 Å². The molecule has 0 atom stereocenters. The largest absolute Gasteiger partial charge is 0.456 e. The molecule has 0 N–H and O–H groups in total. The van der Waals surface area contributed by atoms with Crippen LogP contribution in [0.25, 0.3) is 74.8 Å². The van der Waals surface area contributed by atoms with Crippen molar-refractivity contribution >= 4 is 92.1 Å². The van der Waals surface area contributed by atoms with E-state index in [-0.39, 0.29) is 0 Å². The number of thiophene rings is 1. The van der Waals surface area contributed by atoms with Crippen molar-refractivity contribution < 1.29 is 4.42 Å². The van der Waals surface area contributed by atoms with Crippen molar-refractivity contribution in [1.29, 1.82) is 0 Å². The van der Waals surface area contributed by atoms with E-state index in [2.05, 4.69) is 163 Å². The first-order valence-electron chi connectivity index (χ1n) is 15.9. The Hall–Kier alpha value is -5.90. The number of nitrogens with zero attached hydrogens (tertiary/aromatic N) is 1. The number of fused-ring (bicyclic) bond motifs is 10. The summed E-state index contributed by atoms with van der Waals surface area (Å²) in [5.41, 5.74) is 7.66. The second-order valence-electron chi connectivity index (χ2n) is 12.0. The summed E-state index contributed by atoms with van der Waals surface area (Å²) < 4.78 is 8.93. The summed E-state index contributed by atoms with van der Waals surface area (Å²) in [7, 11) is 0. The minimum absolute atomic E-state index is 0.915. The van der Waals surface area contributed by atoms with E-state index >= 15 is 0 Å². The van der Waals surface area contributed by atoms with Gasteiger partial charge in [0.15, 0.2) is 0 Å². The maximum Gasteiger partial charge on any atom is 0.136 e. The molecule has 0 amide bonds. The van der Waals surface area contributed by atoms with Gasteiger partial charge in [0, 0.05) is 42.6 Å². The Morgan fingerprint density at radius 1 is 0.404 bits per heavy atom. The molecular formula is C44H27NOS. The second-order valence-corrected chi connectivity index (χ2v) is 13.1. The molecular weight excluding hydrogens is 591 g/mol. The standard InChI is InChI=1S/C44H27NOS/c1-2-12-28(13-3-1)30-14-4-7-19-36(30)45(38-21-11-18-34-32-15-6-9-23-41(32)47-44(34)38)37-20-10-17-33-31(37)26-24-29-25-27-40-43(42(29)33)35-16-5-8-22-39(35)46-40/h1-27H. The molecule has 8 aromatic carbocycles. The number of para-hydroxylation sites is 2. The molecule has 2 aromatic heterocycles. The molecule has 0 fully saturated rings. The van der Waals surface area contributed by atoms with Crippen LogP contribution in [-0.4, -0.2) is 0 Å². The maximum atomic E-state index is 6.36. The first kappa shape index (κ1) is 26.3. The van der Waals surface area contributed by atoms with Crippen molar-refractivity contribution in [1.82, 2.24) is 0 Å². The van der Waals surface area contributed by atoms with Gasteiger partial charge in [0.05, 0.1) is 21.8 Å². The highest BCUT2D eigenvalue weighted by atomic mass is 32.1. The first-order chi connectivity index (χ1) is 23.3. The molecule has 10 aromatic rings. The molecule has 220 valence electrons. The van der Waals surface area contributed by atoms with Crippen LogP contribution in [0.2, 0.25) is 0 Å². The van der Waals surface area contributed by atoms with E-state index < -0.39 is 0 Å². The zero-order chi connectivity index (χ0) is 30.9. The van der Waals surface area contributed by atoms with Gasteiger partial charge in [-0.05, 0) is 52.7 Å². The predicted octanol–water partition coefficient (Wildman–Crippen LogP) is 13.4. The number of furan rings is 1. The van der Waals surface area contributed by atoms with E-state index in [1.807, 2.05) is 17.4 Å². The first-order valence-corrected chi connectivity index (χ1v) is 16.8. The average molecular weight is 618 g/mol. The van der Waals surface area contributed by atoms with Crippen molar-refractivity contribution in [2.75, 3.05) is 4.90 Å². The van der Waals surface area contributed by atoms with E-state index in [4.69, 9.17) is 4.42 Å². The molecule has 3 heteroatoms. The Balaban J connectivity index is 1.34. The lowest BCUT2D eigenvalue weighted by molar-refractivity contribution is 0.669. The minimum Gasteiger partial charge on any atom is -0.456 e. The van der Waals surface area contributed by atoms with Gasteiger partial charge >= 0.3 is 0 Å². The number of rotatable bonds is 4. The van der Waals surface area contributed by atoms with Crippen LogP contribution in [0.5, 0.6) is 0 Å². The molecule has 0 bridgehead atoms. The van der Waals surface area contributed by atoms with Gasteiger partial charge in [-0.15, -0.1) is 11.3 Å². The van der Waals surface area contributed by atoms with Crippen LogP contribution in [0.15, 0.2) is 168 Å². The maximum absolute atomic E-state index is 6.36. The molecule has 47 heavy (non-hydrogen) atoms. The van der Waals surface area contributed by atoms with Gasteiger partial charge in [-0.2, -0.15) is 0 Å². The molecule has 0 spiro atoms. The van der Waals surface area contributed by atoms with Crippen LogP contribution < -0.4 is 4.90 Å². The van der Waals surface area contributed by atoms with Crippen molar-refractivity contribution in [3.05, 3.63) is 164 Å². The fourth-order valence-electron chi connectivity index (χ4n) is 7.40. The molecule has 0 radical (unpaired) electrons. The van der Waals surface area contributed by atoms with Gasteiger partial charge in [0.25, 0.3) is 0 Å². The van der Waals surface area contributed by atoms with Crippen LogP contribution in [0.1, 0.15) is 0 Å². The normalized spacial score (nSPS) is 11.8. The summed E-state index contributed by atoms with van der Waals surface area (Å²) in [5.74, 6) is 0. The van der Waals surface area contributed by atoms with Gasteiger partial charge < -0.3 is 9.32 Å².